The van der Waals surface area contributed by atoms with E-state index in [1.807, 2.05) is 0 Å². The van der Waals surface area contributed by atoms with Crippen molar-refractivity contribution >= 4 is 21.6 Å². The molecule has 1 fully saturated rings. The molecule has 8 heteroatoms. The van der Waals surface area contributed by atoms with E-state index in [1.165, 1.54) is 16.4 Å². The first-order valence-electron chi connectivity index (χ1n) is 7.64. The molecule has 23 heavy (non-hydrogen) atoms. The monoisotopic (exact) mass is 340 g/mol. The molecule has 3 rings (SSSR count). The summed E-state index contributed by atoms with van der Waals surface area (Å²) in [5, 5.41) is 11.9. The summed E-state index contributed by atoms with van der Waals surface area (Å²) in [5.74, 6) is 0.133. The molecule has 1 aromatic carbocycles. The summed E-state index contributed by atoms with van der Waals surface area (Å²) in [5.41, 5.74) is 0.366. The molecule has 1 aromatic rings. The zero-order valence-electron chi connectivity index (χ0n) is 12.9. The quantitative estimate of drug-likeness (QED) is 0.848. The minimum absolute atomic E-state index is 0.0159. The molecule has 2 aliphatic rings. The summed E-state index contributed by atoms with van der Waals surface area (Å²) >= 11 is 0. The van der Waals surface area contributed by atoms with Gasteiger partial charge in [-0.1, -0.05) is 0 Å². The van der Waals surface area contributed by atoms with Crippen molar-refractivity contribution in [3.63, 3.8) is 0 Å². The summed E-state index contributed by atoms with van der Waals surface area (Å²) < 4.78 is 32.4. The number of piperidine rings is 1. The molecule has 2 aliphatic heterocycles. The number of hydrogen-bond acceptors (Lipinski definition) is 5. The predicted octanol–water partition coefficient (Wildman–Crippen LogP) is 0.799. The fourth-order valence-corrected chi connectivity index (χ4v) is 4.47. The van der Waals surface area contributed by atoms with Crippen molar-refractivity contribution in [3.8, 4) is 5.75 Å². The van der Waals surface area contributed by atoms with Gasteiger partial charge in [-0.25, -0.2) is 8.42 Å². The van der Waals surface area contributed by atoms with E-state index in [0.717, 1.165) is 12.8 Å². The summed E-state index contributed by atoms with van der Waals surface area (Å²) in [4.78, 5) is 11.8. The lowest BCUT2D eigenvalue weighted by atomic mass is 10.0. The lowest BCUT2D eigenvalue weighted by Crippen LogP contribution is -2.41. The van der Waals surface area contributed by atoms with Gasteiger partial charge in [0.05, 0.1) is 10.6 Å². The van der Waals surface area contributed by atoms with Gasteiger partial charge in [-0.2, -0.15) is 4.31 Å². The summed E-state index contributed by atoms with van der Waals surface area (Å²) in [6.45, 7) is 2.37. The van der Waals surface area contributed by atoms with E-state index in [9.17, 15) is 18.3 Å². The van der Waals surface area contributed by atoms with Crippen LogP contribution in [0.1, 0.15) is 19.8 Å². The normalized spacial score (nSPS) is 25.4. The van der Waals surface area contributed by atoms with Gasteiger partial charge in [0.25, 0.3) is 5.91 Å². The molecule has 126 valence electrons. The van der Waals surface area contributed by atoms with E-state index < -0.39 is 16.1 Å². The maximum Gasteiger partial charge on any atom is 0.265 e. The highest BCUT2D eigenvalue weighted by atomic mass is 32.2. The molecule has 0 spiro atoms. The van der Waals surface area contributed by atoms with Crippen molar-refractivity contribution in [2.24, 2.45) is 5.92 Å². The first kappa shape index (κ1) is 16.2. The van der Waals surface area contributed by atoms with Gasteiger partial charge in [-0.15, -0.1) is 0 Å². The van der Waals surface area contributed by atoms with Gasteiger partial charge in [0.2, 0.25) is 10.0 Å². The fraction of sp³-hybridized carbons (Fsp3) is 0.533. The summed E-state index contributed by atoms with van der Waals surface area (Å²) in [6, 6.07) is 4.48. The molecule has 0 aliphatic carbocycles. The van der Waals surface area contributed by atoms with Crippen molar-refractivity contribution in [1.29, 1.82) is 0 Å². The Morgan fingerprint density at radius 3 is 2.96 bits per heavy atom. The van der Waals surface area contributed by atoms with Crippen molar-refractivity contribution in [1.82, 2.24) is 4.31 Å². The average Bonchev–Trinajstić information content (AvgIpc) is 2.55. The second kappa shape index (κ2) is 6.10. The van der Waals surface area contributed by atoms with Gasteiger partial charge < -0.3 is 15.2 Å². The standard InChI is InChI=1S/C15H20N2O5S/c1-10-15(19)16-13-7-12(4-5-14(13)22-10)23(20,21)17-6-2-3-11(8-17)9-18/h4-5,7,10-11,18H,2-3,6,8-9H2,1H3,(H,16,19). The Hall–Kier alpha value is -1.64. The molecule has 0 radical (unpaired) electrons. The Kier molecular flexibility index (Phi) is 4.31. The second-order valence-corrected chi connectivity index (χ2v) is 7.90. The number of carbonyl (C=O) groups is 1. The lowest BCUT2D eigenvalue weighted by molar-refractivity contribution is -0.122. The zero-order chi connectivity index (χ0) is 16.6. The van der Waals surface area contributed by atoms with Gasteiger partial charge in [-0.3, -0.25) is 4.79 Å². The van der Waals surface area contributed by atoms with Crippen LogP contribution >= 0.6 is 0 Å². The van der Waals surface area contributed by atoms with E-state index in [0.29, 0.717) is 24.5 Å². The number of benzene rings is 1. The SMILES string of the molecule is CC1Oc2ccc(S(=O)(=O)N3CCCC(CO)C3)cc2NC1=O. The Morgan fingerprint density at radius 1 is 1.43 bits per heavy atom. The number of hydrogen-bond donors (Lipinski definition) is 2. The third kappa shape index (κ3) is 3.06. The van der Waals surface area contributed by atoms with E-state index in [4.69, 9.17) is 4.74 Å². The summed E-state index contributed by atoms with van der Waals surface area (Å²) in [7, 11) is -3.65. The number of aliphatic hydroxyl groups is 1. The van der Waals surface area contributed by atoms with Crippen molar-refractivity contribution in [2.45, 2.75) is 30.8 Å². The largest absolute Gasteiger partial charge is 0.479 e. The first-order chi connectivity index (χ1) is 10.9. The number of nitrogens with zero attached hydrogens (tertiary/aromatic N) is 1. The number of fused-ring (bicyclic) bond motifs is 1. The first-order valence-corrected chi connectivity index (χ1v) is 9.08. The average molecular weight is 340 g/mol. The predicted molar refractivity (Wildman–Crippen MR) is 83.7 cm³/mol. The van der Waals surface area contributed by atoms with Crippen LogP contribution in [-0.2, 0) is 14.8 Å². The molecular formula is C15H20N2O5S. The molecule has 2 N–H and O–H groups in total. The maximum absolute atomic E-state index is 12.8. The van der Waals surface area contributed by atoms with E-state index in [2.05, 4.69) is 5.32 Å². The van der Waals surface area contributed by atoms with Crippen molar-refractivity contribution in [2.75, 3.05) is 25.0 Å². The molecule has 2 atom stereocenters. The fourth-order valence-electron chi connectivity index (χ4n) is 2.89. The van der Waals surface area contributed by atoms with Crippen LogP contribution in [0.15, 0.2) is 23.1 Å². The lowest BCUT2D eigenvalue weighted by Gasteiger charge is -2.31. The topological polar surface area (TPSA) is 95.9 Å². The molecule has 0 bridgehead atoms. The number of aliphatic hydroxyl groups excluding tert-OH is 1. The third-order valence-electron chi connectivity index (χ3n) is 4.26. The highest BCUT2D eigenvalue weighted by molar-refractivity contribution is 7.89. The van der Waals surface area contributed by atoms with Crippen molar-refractivity contribution < 1.29 is 23.1 Å². The number of amides is 1. The Balaban J connectivity index is 1.89. The molecule has 7 nitrogen and oxygen atoms in total. The number of ether oxygens (including phenoxy) is 1. The Bertz CT molecular complexity index is 719. The smallest absolute Gasteiger partial charge is 0.265 e. The van der Waals surface area contributed by atoms with Crippen LogP contribution in [0, 0.1) is 5.92 Å². The zero-order valence-corrected chi connectivity index (χ0v) is 13.7. The second-order valence-electron chi connectivity index (χ2n) is 5.96. The van der Waals surface area contributed by atoms with Crippen LogP contribution < -0.4 is 10.1 Å². The Morgan fingerprint density at radius 2 is 2.22 bits per heavy atom. The number of anilines is 1. The van der Waals surface area contributed by atoms with Crippen LogP contribution in [-0.4, -0.2) is 49.5 Å². The molecule has 2 heterocycles. The maximum atomic E-state index is 12.8. The Labute approximate surface area is 135 Å². The number of sulfonamides is 1. The third-order valence-corrected chi connectivity index (χ3v) is 6.12. The molecular weight excluding hydrogens is 320 g/mol. The van der Waals surface area contributed by atoms with Crippen LogP contribution in [0.4, 0.5) is 5.69 Å². The molecule has 1 amide bonds. The minimum Gasteiger partial charge on any atom is -0.479 e. The van der Waals surface area contributed by atoms with Crippen molar-refractivity contribution in [3.05, 3.63) is 18.2 Å². The molecule has 1 saturated heterocycles. The van der Waals surface area contributed by atoms with Gasteiger partial charge in [0.15, 0.2) is 6.10 Å². The van der Waals surface area contributed by atoms with E-state index in [1.54, 1.807) is 13.0 Å². The van der Waals surface area contributed by atoms with Crippen LogP contribution in [0.25, 0.3) is 0 Å². The summed E-state index contributed by atoms with van der Waals surface area (Å²) in [6.07, 6.45) is 0.957. The highest BCUT2D eigenvalue weighted by Crippen LogP contribution is 2.33. The molecule has 0 aromatic heterocycles. The van der Waals surface area contributed by atoms with Gasteiger partial charge in [-0.05, 0) is 43.9 Å². The molecule has 2 unspecified atom stereocenters. The van der Waals surface area contributed by atoms with Gasteiger partial charge >= 0.3 is 0 Å². The van der Waals surface area contributed by atoms with Crippen LogP contribution in [0.3, 0.4) is 0 Å². The van der Waals surface area contributed by atoms with Crippen LogP contribution in [0.2, 0.25) is 0 Å². The van der Waals surface area contributed by atoms with E-state index >= 15 is 0 Å². The van der Waals surface area contributed by atoms with Crippen LogP contribution in [0.5, 0.6) is 5.75 Å². The minimum atomic E-state index is -3.65. The van der Waals surface area contributed by atoms with Gasteiger partial charge in [0.1, 0.15) is 5.75 Å². The van der Waals surface area contributed by atoms with Gasteiger partial charge in [0, 0.05) is 19.7 Å². The number of carbonyl (C=O) groups excluding carboxylic acids is 1. The number of nitrogens with one attached hydrogen (secondary N) is 1. The number of rotatable bonds is 3. The van der Waals surface area contributed by atoms with E-state index in [-0.39, 0.29) is 23.3 Å². The highest BCUT2D eigenvalue weighted by Gasteiger charge is 2.31. The molecule has 0 saturated carbocycles.